The van der Waals surface area contributed by atoms with Crippen molar-refractivity contribution in [3.8, 4) is 0 Å². The number of unbranched alkanes of at least 4 members (excludes halogenated alkanes) is 2. The molecule has 0 aliphatic carbocycles. The third-order valence-corrected chi connectivity index (χ3v) is 7.28. The standard InChI is InChI=1S/C25H52/c1-9-13-17-21(6)23(8)25(19-14-10-2)24(12-4)22(7)18-15-16-20(5)11-3/h20-25H,9-19H2,1-8H3. The van der Waals surface area contributed by atoms with Gasteiger partial charge in [0.05, 0.1) is 0 Å². The van der Waals surface area contributed by atoms with Gasteiger partial charge in [0, 0.05) is 0 Å². The Labute approximate surface area is 161 Å². The van der Waals surface area contributed by atoms with Crippen LogP contribution in [0.15, 0.2) is 0 Å². The molecular weight excluding hydrogens is 300 g/mol. The van der Waals surface area contributed by atoms with E-state index in [1.165, 1.54) is 70.6 Å². The van der Waals surface area contributed by atoms with E-state index in [1.807, 2.05) is 0 Å². The minimum absolute atomic E-state index is 0.889. The number of rotatable bonds is 16. The first-order valence-electron chi connectivity index (χ1n) is 11.9. The summed E-state index contributed by atoms with van der Waals surface area (Å²) in [4.78, 5) is 0. The zero-order valence-electron chi connectivity index (χ0n) is 19.2. The Morgan fingerprint density at radius 3 is 1.60 bits per heavy atom. The van der Waals surface area contributed by atoms with Crippen LogP contribution in [0.5, 0.6) is 0 Å². The van der Waals surface area contributed by atoms with E-state index in [1.54, 1.807) is 0 Å². The maximum absolute atomic E-state index is 2.58. The summed E-state index contributed by atoms with van der Waals surface area (Å²) in [6.07, 6.45) is 15.5. The molecule has 0 nitrogen and oxygen atoms in total. The molecule has 0 aromatic heterocycles. The van der Waals surface area contributed by atoms with Gasteiger partial charge < -0.3 is 0 Å². The molecule has 0 radical (unpaired) electrons. The van der Waals surface area contributed by atoms with Crippen molar-refractivity contribution in [3.63, 3.8) is 0 Å². The molecule has 0 aliphatic heterocycles. The Hall–Kier alpha value is 0. The molecule has 6 atom stereocenters. The lowest BCUT2D eigenvalue weighted by Crippen LogP contribution is -2.30. The zero-order valence-corrected chi connectivity index (χ0v) is 19.2. The Morgan fingerprint density at radius 2 is 1.08 bits per heavy atom. The van der Waals surface area contributed by atoms with E-state index in [0.717, 1.165) is 35.5 Å². The Kier molecular flexibility index (Phi) is 15.1. The van der Waals surface area contributed by atoms with Crippen LogP contribution < -0.4 is 0 Å². The molecule has 0 fully saturated rings. The first kappa shape index (κ1) is 25.0. The van der Waals surface area contributed by atoms with Gasteiger partial charge in [-0.2, -0.15) is 0 Å². The lowest BCUT2D eigenvalue weighted by molar-refractivity contribution is 0.114. The molecule has 0 heterocycles. The molecule has 0 saturated heterocycles. The fraction of sp³-hybridized carbons (Fsp3) is 1.00. The van der Waals surface area contributed by atoms with Crippen molar-refractivity contribution in [2.24, 2.45) is 35.5 Å². The van der Waals surface area contributed by atoms with Crippen molar-refractivity contribution in [1.82, 2.24) is 0 Å². The smallest absolute Gasteiger partial charge is 0.0355 e. The largest absolute Gasteiger partial charge is 0.0654 e. The SMILES string of the molecule is CCCCC(C)C(C)C(CCCC)C(CC)C(C)CCCC(C)CC. The molecule has 25 heavy (non-hydrogen) atoms. The maximum Gasteiger partial charge on any atom is -0.0355 e. The van der Waals surface area contributed by atoms with E-state index >= 15 is 0 Å². The summed E-state index contributed by atoms with van der Waals surface area (Å²) in [5.41, 5.74) is 0. The molecule has 0 bridgehead atoms. The summed E-state index contributed by atoms with van der Waals surface area (Å²) < 4.78 is 0. The molecule has 0 aliphatic rings. The van der Waals surface area contributed by atoms with E-state index in [0.29, 0.717) is 0 Å². The van der Waals surface area contributed by atoms with E-state index in [9.17, 15) is 0 Å². The highest BCUT2D eigenvalue weighted by Gasteiger charge is 2.31. The minimum Gasteiger partial charge on any atom is -0.0654 e. The molecule has 0 spiro atoms. The van der Waals surface area contributed by atoms with E-state index < -0.39 is 0 Å². The highest BCUT2D eigenvalue weighted by atomic mass is 14.4. The van der Waals surface area contributed by atoms with Crippen molar-refractivity contribution >= 4 is 0 Å². The Morgan fingerprint density at radius 1 is 0.520 bits per heavy atom. The normalized spacial score (nSPS) is 19.2. The highest BCUT2D eigenvalue weighted by Crippen LogP contribution is 2.40. The fourth-order valence-corrected chi connectivity index (χ4v) is 4.85. The molecule has 6 unspecified atom stereocenters. The third-order valence-electron chi connectivity index (χ3n) is 7.28. The van der Waals surface area contributed by atoms with E-state index in [2.05, 4.69) is 55.4 Å². The molecule has 0 amide bonds. The molecule has 0 rings (SSSR count). The van der Waals surface area contributed by atoms with Crippen LogP contribution in [0.4, 0.5) is 0 Å². The van der Waals surface area contributed by atoms with Gasteiger partial charge >= 0.3 is 0 Å². The average molecular weight is 353 g/mol. The summed E-state index contributed by atoms with van der Waals surface area (Å²) in [6, 6.07) is 0. The predicted octanol–water partition coefficient (Wildman–Crippen LogP) is 9.13. The lowest BCUT2D eigenvalue weighted by Gasteiger charge is -2.38. The van der Waals surface area contributed by atoms with Gasteiger partial charge in [-0.3, -0.25) is 0 Å². The van der Waals surface area contributed by atoms with Crippen LogP contribution in [0.1, 0.15) is 126 Å². The first-order valence-corrected chi connectivity index (χ1v) is 11.9. The number of hydrogen-bond donors (Lipinski definition) is 0. The van der Waals surface area contributed by atoms with Gasteiger partial charge in [0.1, 0.15) is 0 Å². The second-order valence-corrected chi connectivity index (χ2v) is 9.28. The summed E-state index contributed by atoms with van der Waals surface area (Å²) in [5, 5.41) is 0. The topological polar surface area (TPSA) is 0 Å². The van der Waals surface area contributed by atoms with E-state index in [4.69, 9.17) is 0 Å². The fourth-order valence-electron chi connectivity index (χ4n) is 4.85. The summed E-state index contributed by atoms with van der Waals surface area (Å²) >= 11 is 0. The molecule has 0 aromatic carbocycles. The average Bonchev–Trinajstić information content (AvgIpc) is 2.61. The molecule has 0 saturated carbocycles. The first-order chi connectivity index (χ1) is 11.9. The van der Waals surface area contributed by atoms with Gasteiger partial charge in [-0.1, -0.05) is 120 Å². The second kappa shape index (κ2) is 15.1. The van der Waals surface area contributed by atoms with Crippen molar-refractivity contribution in [2.75, 3.05) is 0 Å². The van der Waals surface area contributed by atoms with Gasteiger partial charge in [-0.25, -0.2) is 0 Å². The monoisotopic (exact) mass is 352 g/mol. The van der Waals surface area contributed by atoms with Crippen LogP contribution >= 0.6 is 0 Å². The second-order valence-electron chi connectivity index (χ2n) is 9.28. The summed E-state index contributed by atoms with van der Waals surface area (Å²) in [5.74, 6) is 5.47. The maximum atomic E-state index is 2.58. The van der Waals surface area contributed by atoms with Crippen molar-refractivity contribution in [2.45, 2.75) is 126 Å². The van der Waals surface area contributed by atoms with Crippen LogP contribution in [0.2, 0.25) is 0 Å². The van der Waals surface area contributed by atoms with Gasteiger partial charge in [0.25, 0.3) is 0 Å². The van der Waals surface area contributed by atoms with Crippen molar-refractivity contribution < 1.29 is 0 Å². The van der Waals surface area contributed by atoms with Crippen molar-refractivity contribution in [1.29, 1.82) is 0 Å². The molecular formula is C25H52. The summed E-state index contributed by atoms with van der Waals surface area (Å²) in [7, 11) is 0. The van der Waals surface area contributed by atoms with Crippen LogP contribution in [0.3, 0.4) is 0 Å². The molecule has 0 aromatic rings. The Bertz CT molecular complexity index is 282. The van der Waals surface area contributed by atoms with Gasteiger partial charge in [0.2, 0.25) is 0 Å². The summed E-state index contributed by atoms with van der Waals surface area (Å²) in [6.45, 7) is 19.6. The highest BCUT2D eigenvalue weighted by molar-refractivity contribution is 4.81. The molecule has 0 heteroatoms. The lowest BCUT2D eigenvalue weighted by atomic mass is 9.67. The Balaban J connectivity index is 4.84. The van der Waals surface area contributed by atoms with Crippen LogP contribution in [-0.4, -0.2) is 0 Å². The van der Waals surface area contributed by atoms with Crippen LogP contribution in [0, 0.1) is 35.5 Å². The molecule has 0 N–H and O–H groups in total. The van der Waals surface area contributed by atoms with Crippen LogP contribution in [-0.2, 0) is 0 Å². The van der Waals surface area contributed by atoms with Crippen molar-refractivity contribution in [3.05, 3.63) is 0 Å². The van der Waals surface area contributed by atoms with Gasteiger partial charge in [0.15, 0.2) is 0 Å². The van der Waals surface area contributed by atoms with Gasteiger partial charge in [-0.05, 0) is 41.9 Å². The minimum atomic E-state index is 0.889. The molecule has 152 valence electrons. The third kappa shape index (κ3) is 10.0. The number of hydrogen-bond acceptors (Lipinski definition) is 0. The predicted molar refractivity (Wildman–Crippen MR) is 117 cm³/mol. The quantitative estimate of drug-likeness (QED) is 0.260. The van der Waals surface area contributed by atoms with Crippen LogP contribution in [0.25, 0.3) is 0 Å². The van der Waals surface area contributed by atoms with Gasteiger partial charge in [-0.15, -0.1) is 0 Å². The zero-order chi connectivity index (χ0) is 19.2. The van der Waals surface area contributed by atoms with E-state index in [-0.39, 0.29) is 0 Å².